The van der Waals surface area contributed by atoms with E-state index in [9.17, 15) is 0 Å². The molecule has 0 aliphatic carbocycles. The van der Waals surface area contributed by atoms with Gasteiger partial charge < -0.3 is 11.1 Å². The molecule has 4 heteroatoms. The zero-order valence-electron chi connectivity index (χ0n) is 14.9. The summed E-state index contributed by atoms with van der Waals surface area (Å²) in [6, 6.07) is 8.73. The van der Waals surface area contributed by atoms with Crippen LogP contribution in [-0.2, 0) is 13.1 Å². The minimum absolute atomic E-state index is 0.0534. The maximum Gasteiger partial charge on any atom is 0.189 e. The monoisotopic (exact) mass is 316 g/mol. The topological polar surface area (TPSA) is 53.6 Å². The molecule has 128 valence electrons. The van der Waals surface area contributed by atoms with Crippen LogP contribution in [0, 0.1) is 0 Å². The number of guanidine groups is 1. The second kappa shape index (κ2) is 8.34. The van der Waals surface area contributed by atoms with Crippen molar-refractivity contribution in [3.63, 3.8) is 0 Å². The molecule has 1 aromatic carbocycles. The summed E-state index contributed by atoms with van der Waals surface area (Å²) in [7, 11) is 0. The van der Waals surface area contributed by atoms with Gasteiger partial charge in [0.1, 0.15) is 0 Å². The van der Waals surface area contributed by atoms with Crippen LogP contribution >= 0.6 is 0 Å². The SMILES string of the molecule is CC(C)(C)NC(N)=NCc1cccc(CN2CCCCCC2)c1. The van der Waals surface area contributed by atoms with Crippen LogP contribution in [0.2, 0.25) is 0 Å². The maximum atomic E-state index is 5.94. The van der Waals surface area contributed by atoms with E-state index in [4.69, 9.17) is 5.73 Å². The number of likely N-dealkylation sites (tertiary alicyclic amines) is 1. The van der Waals surface area contributed by atoms with Crippen LogP contribution in [0.4, 0.5) is 0 Å². The first-order valence-corrected chi connectivity index (χ1v) is 8.81. The molecule has 1 aromatic rings. The minimum atomic E-state index is -0.0534. The van der Waals surface area contributed by atoms with Crippen LogP contribution in [0.1, 0.15) is 57.6 Å². The van der Waals surface area contributed by atoms with Crippen LogP contribution in [0.25, 0.3) is 0 Å². The summed E-state index contributed by atoms with van der Waals surface area (Å²) in [5, 5.41) is 3.20. The lowest BCUT2D eigenvalue weighted by molar-refractivity contribution is 0.277. The third-order valence-corrected chi connectivity index (χ3v) is 4.03. The average molecular weight is 316 g/mol. The Labute approximate surface area is 141 Å². The summed E-state index contributed by atoms with van der Waals surface area (Å²) in [6.45, 7) is 10.4. The van der Waals surface area contributed by atoms with Crippen molar-refractivity contribution >= 4 is 5.96 Å². The second-order valence-corrected chi connectivity index (χ2v) is 7.59. The number of nitrogens with two attached hydrogens (primary N) is 1. The number of rotatable bonds is 4. The summed E-state index contributed by atoms with van der Waals surface area (Å²) < 4.78 is 0. The molecular formula is C19H32N4. The highest BCUT2D eigenvalue weighted by atomic mass is 15.1. The van der Waals surface area contributed by atoms with Crippen LogP contribution in [0.15, 0.2) is 29.3 Å². The van der Waals surface area contributed by atoms with Gasteiger partial charge in [0.15, 0.2) is 5.96 Å². The molecule has 2 rings (SSSR count). The number of hydrogen-bond acceptors (Lipinski definition) is 2. The quantitative estimate of drug-likeness (QED) is 0.662. The van der Waals surface area contributed by atoms with Crippen LogP contribution in [0.5, 0.6) is 0 Å². The highest BCUT2D eigenvalue weighted by Gasteiger charge is 2.11. The molecule has 1 heterocycles. The molecule has 0 bridgehead atoms. The summed E-state index contributed by atoms with van der Waals surface area (Å²) in [6.07, 6.45) is 5.43. The first-order chi connectivity index (χ1) is 10.9. The molecule has 1 fully saturated rings. The molecule has 0 atom stereocenters. The van der Waals surface area contributed by atoms with Crippen molar-refractivity contribution < 1.29 is 0 Å². The van der Waals surface area contributed by atoms with Gasteiger partial charge in [-0.25, -0.2) is 4.99 Å². The molecule has 0 unspecified atom stereocenters. The Bertz CT molecular complexity index is 508. The number of aliphatic imine (C=N–C) groups is 1. The maximum absolute atomic E-state index is 5.94. The summed E-state index contributed by atoms with van der Waals surface area (Å²) in [5.41, 5.74) is 8.49. The molecular weight excluding hydrogens is 284 g/mol. The van der Waals surface area contributed by atoms with Crippen LogP contribution in [0.3, 0.4) is 0 Å². The molecule has 0 spiro atoms. The molecule has 0 aromatic heterocycles. The largest absolute Gasteiger partial charge is 0.370 e. The first-order valence-electron chi connectivity index (χ1n) is 8.81. The third kappa shape index (κ3) is 7.04. The normalized spacial score (nSPS) is 17.8. The van der Waals surface area contributed by atoms with Gasteiger partial charge in [-0.2, -0.15) is 0 Å². The second-order valence-electron chi connectivity index (χ2n) is 7.59. The Morgan fingerprint density at radius 3 is 2.43 bits per heavy atom. The number of benzene rings is 1. The molecule has 1 aliphatic rings. The predicted octanol–water partition coefficient (Wildman–Crippen LogP) is 3.27. The van der Waals surface area contributed by atoms with Crippen LogP contribution < -0.4 is 11.1 Å². The summed E-state index contributed by atoms with van der Waals surface area (Å²) in [5.74, 6) is 0.510. The van der Waals surface area contributed by atoms with Crippen molar-refractivity contribution in [3.8, 4) is 0 Å². The van der Waals surface area contributed by atoms with E-state index in [0.29, 0.717) is 12.5 Å². The Morgan fingerprint density at radius 1 is 1.13 bits per heavy atom. The Kier molecular flexibility index (Phi) is 6.46. The van der Waals surface area contributed by atoms with Gasteiger partial charge >= 0.3 is 0 Å². The van der Waals surface area contributed by atoms with E-state index in [0.717, 1.165) is 6.54 Å². The molecule has 1 saturated heterocycles. The van der Waals surface area contributed by atoms with E-state index in [1.165, 1.54) is 49.9 Å². The predicted molar refractivity (Wildman–Crippen MR) is 98.4 cm³/mol. The van der Waals surface area contributed by atoms with Crippen molar-refractivity contribution in [2.24, 2.45) is 10.7 Å². The molecule has 0 saturated carbocycles. The lowest BCUT2D eigenvalue weighted by Gasteiger charge is -2.21. The standard InChI is InChI=1S/C19H32N4/c1-19(2,3)22-18(20)21-14-16-9-8-10-17(13-16)15-23-11-6-4-5-7-12-23/h8-10,13H,4-7,11-12,14-15H2,1-3H3,(H3,20,21,22). The molecule has 0 amide bonds. The Morgan fingerprint density at radius 2 is 1.78 bits per heavy atom. The van der Waals surface area contributed by atoms with E-state index in [1.54, 1.807) is 0 Å². The van der Waals surface area contributed by atoms with Crippen LogP contribution in [-0.4, -0.2) is 29.5 Å². The van der Waals surface area contributed by atoms with E-state index in [1.807, 2.05) is 0 Å². The fraction of sp³-hybridized carbons (Fsp3) is 0.632. The summed E-state index contributed by atoms with van der Waals surface area (Å²) >= 11 is 0. The van der Waals surface area contributed by atoms with Crippen molar-refractivity contribution in [1.29, 1.82) is 0 Å². The van der Waals surface area contributed by atoms with Crippen molar-refractivity contribution in [2.45, 2.75) is 65.1 Å². The van der Waals surface area contributed by atoms with Gasteiger partial charge in [0.05, 0.1) is 6.54 Å². The van der Waals surface area contributed by atoms with Gasteiger partial charge in [-0.3, -0.25) is 4.90 Å². The van der Waals surface area contributed by atoms with E-state index >= 15 is 0 Å². The van der Waals surface area contributed by atoms with Gasteiger partial charge in [-0.05, 0) is 57.8 Å². The average Bonchev–Trinajstić information content (AvgIpc) is 2.72. The van der Waals surface area contributed by atoms with Crippen molar-refractivity contribution in [2.75, 3.05) is 13.1 Å². The lowest BCUT2D eigenvalue weighted by Crippen LogP contribution is -2.44. The van der Waals surface area contributed by atoms with Gasteiger partial charge in [0, 0.05) is 12.1 Å². The molecule has 1 aliphatic heterocycles. The highest BCUT2D eigenvalue weighted by Crippen LogP contribution is 2.14. The number of nitrogens with zero attached hydrogens (tertiary/aromatic N) is 2. The zero-order chi connectivity index (χ0) is 16.7. The van der Waals surface area contributed by atoms with E-state index < -0.39 is 0 Å². The number of hydrogen-bond donors (Lipinski definition) is 2. The van der Waals surface area contributed by atoms with Crippen molar-refractivity contribution in [1.82, 2.24) is 10.2 Å². The van der Waals surface area contributed by atoms with Crippen molar-refractivity contribution in [3.05, 3.63) is 35.4 Å². The first kappa shape index (κ1) is 17.8. The van der Waals surface area contributed by atoms with E-state index in [2.05, 4.69) is 60.2 Å². The Balaban J connectivity index is 1.92. The van der Waals surface area contributed by atoms with E-state index in [-0.39, 0.29) is 5.54 Å². The van der Waals surface area contributed by atoms with Gasteiger partial charge in [0.25, 0.3) is 0 Å². The molecule has 23 heavy (non-hydrogen) atoms. The minimum Gasteiger partial charge on any atom is -0.370 e. The van der Waals surface area contributed by atoms with Gasteiger partial charge in [-0.15, -0.1) is 0 Å². The lowest BCUT2D eigenvalue weighted by atomic mass is 10.1. The molecule has 4 nitrogen and oxygen atoms in total. The smallest absolute Gasteiger partial charge is 0.189 e. The number of nitrogens with one attached hydrogen (secondary N) is 1. The fourth-order valence-corrected chi connectivity index (χ4v) is 2.98. The third-order valence-electron chi connectivity index (χ3n) is 4.03. The molecule has 3 N–H and O–H groups in total. The van der Waals surface area contributed by atoms with Gasteiger partial charge in [0.2, 0.25) is 0 Å². The zero-order valence-corrected chi connectivity index (χ0v) is 14.9. The highest BCUT2D eigenvalue weighted by molar-refractivity contribution is 5.78. The van der Waals surface area contributed by atoms with Gasteiger partial charge in [-0.1, -0.05) is 37.1 Å². The molecule has 0 radical (unpaired) electrons. The fourth-order valence-electron chi connectivity index (χ4n) is 2.98. The Hall–Kier alpha value is -1.55. The summed E-state index contributed by atoms with van der Waals surface area (Å²) in [4.78, 5) is 7.03.